The van der Waals surface area contributed by atoms with Crippen LogP contribution < -0.4 is 15.6 Å². The molecule has 1 atom stereocenters. The molecule has 4 aromatic rings. The third-order valence-electron chi connectivity index (χ3n) is 5.21. The predicted molar refractivity (Wildman–Crippen MR) is 117 cm³/mol. The molecule has 0 saturated carbocycles. The van der Waals surface area contributed by atoms with Gasteiger partial charge in [0.15, 0.2) is 0 Å². The molecule has 3 heterocycles. The lowest BCUT2D eigenvalue weighted by Crippen LogP contribution is -2.37. The van der Waals surface area contributed by atoms with E-state index in [1.54, 1.807) is 17.4 Å². The highest BCUT2D eigenvalue weighted by Crippen LogP contribution is 2.31. The number of amides is 1. The van der Waals surface area contributed by atoms with Gasteiger partial charge in [0.05, 0.1) is 22.9 Å². The van der Waals surface area contributed by atoms with Crippen molar-refractivity contribution in [3.8, 4) is 16.3 Å². The standard InChI is InChI=1S/C23H19N3O3S/c27-21(24-18-11-12-29-19-9-4-3-8-17(18)19)14-26-23(28)16-7-2-1-6-15(16)22(25-26)20-10-5-13-30-20/h1-10,13,18H,11-12,14H2,(H,24,27). The zero-order valence-electron chi connectivity index (χ0n) is 16.1. The number of nitrogens with zero attached hydrogens (tertiary/aromatic N) is 2. The largest absolute Gasteiger partial charge is 0.493 e. The maximum Gasteiger partial charge on any atom is 0.275 e. The lowest BCUT2D eigenvalue weighted by molar-refractivity contribution is -0.122. The SMILES string of the molecule is O=C(Cn1nc(-c2cccs2)c2ccccc2c1=O)NC1CCOc2ccccc21. The molecule has 7 heteroatoms. The molecule has 0 bridgehead atoms. The van der Waals surface area contributed by atoms with Crippen LogP contribution in [-0.4, -0.2) is 22.3 Å². The summed E-state index contributed by atoms with van der Waals surface area (Å²) in [5.41, 5.74) is 1.40. The summed E-state index contributed by atoms with van der Waals surface area (Å²) in [6.07, 6.45) is 0.684. The fourth-order valence-electron chi connectivity index (χ4n) is 3.81. The van der Waals surface area contributed by atoms with Crippen LogP contribution in [0.4, 0.5) is 0 Å². The zero-order valence-corrected chi connectivity index (χ0v) is 16.9. The van der Waals surface area contributed by atoms with Crippen molar-refractivity contribution in [2.75, 3.05) is 6.61 Å². The van der Waals surface area contributed by atoms with Crippen molar-refractivity contribution in [3.05, 3.63) is 82.0 Å². The number of carbonyl (C=O) groups excluding carboxylic acids is 1. The normalized spacial score (nSPS) is 15.4. The van der Waals surface area contributed by atoms with Gasteiger partial charge in [-0.05, 0) is 23.6 Å². The summed E-state index contributed by atoms with van der Waals surface area (Å²) in [6, 6.07) is 18.8. The molecule has 1 N–H and O–H groups in total. The molecule has 6 nitrogen and oxygen atoms in total. The van der Waals surface area contributed by atoms with Crippen molar-refractivity contribution in [2.24, 2.45) is 0 Å². The number of benzene rings is 2. The van der Waals surface area contributed by atoms with E-state index in [9.17, 15) is 9.59 Å². The van der Waals surface area contributed by atoms with Crippen LogP contribution in [0.1, 0.15) is 18.0 Å². The van der Waals surface area contributed by atoms with Gasteiger partial charge in [0.1, 0.15) is 18.0 Å². The second-order valence-corrected chi connectivity index (χ2v) is 8.08. The average Bonchev–Trinajstić information content (AvgIpc) is 3.31. The Kier molecular flexibility index (Phi) is 4.80. The van der Waals surface area contributed by atoms with Crippen molar-refractivity contribution >= 4 is 28.0 Å². The van der Waals surface area contributed by atoms with Gasteiger partial charge in [0.2, 0.25) is 5.91 Å². The molecule has 0 aliphatic carbocycles. The van der Waals surface area contributed by atoms with Gasteiger partial charge in [0, 0.05) is 17.4 Å². The van der Waals surface area contributed by atoms with Crippen LogP contribution >= 0.6 is 11.3 Å². The van der Waals surface area contributed by atoms with Gasteiger partial charge in [0.25, 0.3) is 5.56 Å². The van der Waals surface area contributed by atoms with Crippen LogP contribution in [0, 0.1) is 0 Å². The first-order valence-corrected chi connectivity index (χ1v) is 10.6. The van der Waals surface area contributed by atoms with Gasteiger partial charge in [-0.2, -0.15) is 5.10 Å². The number of ether oxygens (including phenoxy) is 1. The number of aromatic nitrogens is 2. The Hall–Kier alpha value is -3.45. The van der Waals surface area contributed by atoms with Crippen LogP contribution in [-0.2, 0) is 11.3 Å². The number of nitrogens with one attached hydrogen (secondary N) is 1. The van der Waals surface area contributed by atoms with Crippen molar-refractivity contribution in [3.63, 3.8) is 0 Å². The lowest BCUT2D eigenvalue weighted by atomic mass is 10.0. The van der Waals surface area contributed by atoms with Crippen LogP contribution in [0.25, 0.3) is 21.3 Å². The van der Waals surface area contributed by atoms with Gasteiger partial charge in [-0.3, -0.25) is 9.59 Å². The van der Waals surface area contributed by atoms with Crippen molar-refractivity contribution in [1.29, 1.82) is 0 Å². The van der Waals surface area contributed by atoms with E-state index in [0.29, 0.717) is 24.1 Å². The average molecular weight is 417 g/mol. The van der Waals surface area contributed by atoms with Gasteiger partial charge >= 0.3 is 0 Å². The van der Waals surface area contributed by atoms with Crippen LogP contribution in [0.5, 0.6) is 5.75 Å². The Balaban J connectivity index is 1.47. The minimum Gasteiger partial charge on any atom is -0.493 e. The highest BCUT2D eigenvalue weighted by molar-refractivity contribution is 7.13. The van der Waals surface area contributed by atoms with Crippen molar-refractivity contribution < 1.29 is 9.53 Å². The number of carbonyl (C=O) groups is 1. The summed E-state index contributed by atoms with van der Waals surface area (Å²) in [7, 11) is 0. The number of rotatable bonds is 4. The molecule has 1 amide bonds. The smallest absolute Gasteiger partial charge is 0.275 e. The van der Waals surface area contributed by atoms with E-state index < -0.39 is 0 Å². The summed E-state index contributed by atoms with van der Waals surface area (Å²) in [5, 5.41) is 10.9. The first-order valence-electron chi connectivity index (χ1n) is 9.75. The molecule has 30 heavy (non-hydrogen) atoms. The molecule has 1 aliphatic heterocycles. The maximum atomic E-state index is 13.0. The van der Waals surface area contributed by atoms with Gasteiger partial charge in [-0.1, -0.05) is 42.5 Å². The number of para-hydroxylation sites is 1. The highest BCUT2D eigenvalue weighted by atomic mass is 32.1. The van der Waals surface area contributed by atoms with E-state index >= 15 is 0 Å². The van der Waals surface area contributed by atoms with E-state index in [1.165, 1.54) is 4.68 Å². The first-order chi connectivity index (χ1) is 14.7. The quantitative estimate of drug-likeness (QED) is 0.549. The summed E-state index contributed by atoms with van der Waals surface area (Å²) in [4.78, 5) is 26.8. The van der Waals surface area contributed by atoms with Gasteiger partial charge in [-0.15, -0.1) is 11.3 Å². The monoisotopic (exact) mass is 417 g/mol. The second kappa shape index (κ2) is 7.76. The van der Waals surface area contributed by atoms with Crippen LogP contribution in [0.2, 0.25) is 0 Å². The van der Waals surface area contributed by atoms with Gasteiger partial charge in [-0.25, -0.2) is 4.68 Å². The Bertz CT molecular complexity index is 1280. The third kappa shape index (κ3) is 3.37. The highest BCUT2D eigenvalue weighted by Gasteiger charge is 2.23. The molecule has 0 spiro atoms. The molecule has 150 valence electrons. The predicted octanol–water partition coefficient (Wildman–Crippen LogP) is 3.77. The molecule has 0 saturated heterocycles. The molecule has 1 aliphatic rings. The number of fused-ring (bicyclic) bond motifs is 2. The van der Waals surface area contributed by atoms with E-state index in [0.717, 1.165) is 21.6 Å². The summed E-state index contributed by atoms with van der Waals surface area (Å²) >= 11 is 1.55. The molecule has 0 fully saturated rings. The lowest BCUT2D eigenvalue weighted by Gasteiger charge is -2.26. The molecule has 2 aromatic carbocycles. The Morgan fingerprint density at radius 2 is 1.90 bits per heavy atom. The van der Waals surface area contributed by atoms with E-state index in [-0.39, 0.29) is 24.1 Å². The molecule has 0 radical (unpaired) electrons. The fraction of sp³-hybridized carbons (Fsp3) is 0.174. The topological polar surface area (TPSA) is 73.2 Å². The molecular formula is C23H19N3O3S. The Morgan fingerprint density at radius 3 is 2.73 bits per heavy atom. The van der Waals surface area contributed by atoms with E-state index in [2.05, 4.69) is 10.4 Å². The fourth-order valence-corrected chi connectivity index (χ4v) is 4.53. The summed E-state index contributed by atoms with van der Waals surface area (Å²) < 4.78 is 6.92. The number of hydrogen-bond donors (Lipinski definition) is 1. The number of thiophene rings is 1. The zero-order chi connectivity index (χ0) is 20.5. The summed E-state index contributed by atoms with van der Waals surface area (Å²) in [5.74, 6) is 0.536. The number of hydrogen-bond acceptors (Lipinski definition) is 5. The van der Waals surface area contributed by atoms with E-state index in [1.807, 2.05) is 60.0 Å². The Labute approximate surface area is 176 Å². The first kappa shape index (κ1) is 18.6. The molecule has 2 aromatic heterocycles. The van der Waals surface area contributed by atoms with Crippen LogP contribution in [0.3, 0.4) is 0 Å². The molecular weight excluding hydrogens is 398 g/mol. The minimum atomic E-state index is -0.270. The van der Waals surface area contributed by atoms with E-state index in [4.69, 9.17) is 4.74 Å². The minimum absolute atomic E-state index is 0.137. The molecule has 1 unspecified atom stereocenters. The van der Waals surface area contributed by atoms with Crippen LogP contribution in [0.15, 0.2) is 70.8 Å². The van der Waals surface area contributed by atoms with Crippen molar-refractivity contribution in [1.82, 2.24) is 15.1 Å². The second-order valence-electron chi connectivity index (χ2n) is 7.13. The Morgan fingerprint density at radius 1 is 1.10 bits per heavy atom. The van der Waals surface area contributed by atoms with Crippen molar-refractivity contribution in [2.45, 2.75) is 19.0 Å². The van der Waals surface area contributed by atoms with Gasteiger partial charge < -0.3 is 10.1 Å². The maximum absolute atomic E-state index is 13.0. The third-order valence-corrected chi connectivity index (χ3v) is 6.09. The molecule has 5 rings (SSSR count). The summed E-state index contributed by atoms with van der Waals surface area (Å²) in [6.45, 7) is 0.403.